The van der Waals surface area contributed by atoms with Crippen LogP contribution >= 0.6 is 15.9 Å². The first-order chi connectivity index (χ1) is 8.58. The Morgan fingerprint density at radius 2 is 2.22 bits per heavy atom. The Morgan fingerprint density at radius 1 is 1.39 bits per heavy atom. The topological polar surface area (TPSA) is 18.5 Å². The van der Waals surface area contributed by atoms with Crippen molar-refractivity contribution in [3.8, 4) is 0 Å². The summed E-state index contributed by atoms with van der Waals surface area (Å²) in [6, 6.07) is 8.42. The first-order valence-corrected chi connectivity index (χ1v) is 7.36. The zero-order chi connectivity index (χ0) is 13.0. The van der Waals surface area contributed by atoms with Gasteiger partial charge in [-0.1, -0.05) is 41.9 Å². The molecular formula is C15H21BrO2. The van der Waals surface area contributed by atoms with Gasteiger partial charge in [0.25, 0.3) is 0 Å². The molecule has 0 bridgehead atoms. The Hall–Kier alpha value is -0.380. The van der Waals surface area contributed by atoms with Crippen molar-refractivity contribution in [1.29, 1.82) is 0 Å². The molecule has 18 heavy (non-hydrogen) atoms. The van der Waals surface area contributed by atoms with Gasteiger partial charge in [-0.25, -0.2) is 0 Å². The highest BCUT2D eigenvalue weighted by molar-refractivity contribution is 9.10. The van der Waals surface area contributed by atoms with Crippen LogP contribution in [0.25, 0.3) is 0 Å². The van der Waals surface area contributed by atoms with Crippen molar-refractivity contribution in [1.82, 2.24) is 0 Å². The van der Waals surface area contributed by atoms with E-state index in [-0.39, 0.29) is 11.7 Å². The first-order valence-electron chi connectivity index (χ1n) is 6.57. The van der Waals surface area contributed by atoms with E-state index in [0.29, 0.717) is 6.61 Å². The lowest BCUT2D eigenvalue weighted by Gasteiger charge is -2.30. The van der Waals surface area contributed by atoms with Crippen LogP contribution in [0.5, 0.6) is 0 Å². The fourth-order valence-electron chi connectivity index (χ4n) is 2.14. The van der Waals surface area contributed by atoms with Crippen LogP contribution in [0.2, 0.25) is 0 Å². The van der Waals surface area contributed by atoms with Crippen LogP contribution in [0.15, 0.2) is 28.7 Å². The van der Waals surface area contributed by atoms with Gasteiger partial charge in [0, 0.05) is 16.5 Å². The summed E-state index contributed by atoms with van der Waals surface area (Å²) in [4.78, 5) is 0. The Morgan fingerprint density at radius 3 is 2.89 bits per heavy atom. The predicted octanol–water partition coefficient (Wildman–Crippen LogP) is 4.27. The quantitative estimate of drug-likeness (QED) is 0.826. The maximum atomic E-state index is 5.90. The smallest absolute Gasteiger partial charge is 0.157 e. The minimum absolute atomic E-state index is 0.00455. The Bertz CT molecular complexity index is 384. The van der Waals surface area contributed by atoms with Gasteiger partial charge in [-0.2, -0.15) is 0 Å². The number of hydrogen-bond acceptors (Lipinski definition) is 2. The first kappa shape index (κ1) is 14.0. The van der Waals surface area contributed by atoms with Crippen LogP contribution in [0.1, 0.15) is 38.7 Å². The van der Waals surface area contributed by atoms with Gasteiger partial charge in [0.05, 0.1) is 6.61 Å². The van der Waals surface area contributed by atoms with Crippen molar-refractivity contribution in [2.24, 2.45) is 0 Å². The normalized spacial score (nSPS) is 20.9. The van der Waals surface area contributed by atoms with Crippen molar-refractivity contribution in [2.75, 3.05) is 13.2 Å². The van der Waals surface area contributed by atoms with Crippen molar-refractivity contribution < 1.29 is 9.47 Å². The van der Waals surface area contributed by atoms with Crippen LogP contribution in [0.3, 0.4) is 0 Å². The maximum absolute atomic E-state index is 5.90. The van der Waals surface area contributed by atoms with E-state index >= 15 is 0 Å². The molecule has 0 radical (unpaired) electrons. The molecule has 0 amide bonds. The van der Waals surface area contributed by atoms with E-state index in [9.17, 15) is 0 Å². The van der Waals surface area contributed by atoms with Crippen LogP contribution < -0.4 is 0 Å². The monoisotopic (exact) mass is 312 g/mol. The van der Waals surface area contributed by atoms with Gasteiger partial charge in [-0.05, 0) is 37.0 Å². The van der Waals surface area contributed by atoms with Crippen LogP contribution in [-0.4, -0.2) is 19.5 Å². The fourth-order valence-corrected chi connectivity index (χ4v) is 2.54. The van der Waals surface area contributed by atoms with Crippen LogP contribution in [0.4, 0.5) is 0 Å². The highest BCUT2D eigenvalue weighted by Gasteiger charge is 2.24. The molecule has 1 aliphatic rings. The largest absolute Gasteiger partial charge is 0.353 e. The Labute approximate surface area is 118 Å². The van der Waals surface area contributed by atoms with Gasteiger partial charge in [-0.15, -0.1) is 0 Å². The number of hydrogen-bond donors (Lipinski definition) is 0. The number of benzene rings is 1. The zero-order valence-electron chi connectivity index (χ0n) is 11.1. The summed E-state index contributed by atoms with van der Waals surface area (Å²) in [5.74, 6) is 0. The zero-order valence-corrected chi connectivity index (χ0v) is 12.7. The molecule has 0 aromatic heterocycles. The van der Waals surface area contributed by atoms with Gasteiger partial charge >= 0.3 is 0 Å². The minimum Gasteiger partial charge on any atom is -0.353 e. The molecule has 0 spiro atoms. The number of rotatable bonds is 4. The molecular weight excluding hydrogens is 292 g/mol. The molecule has 0 N–H and O–H groups in total. The Balaban J connectivity index is 1.94. The molecule has 1 atom stereocenters. The average Bonchev–Trinajstić information content (AvgIpc) is 2.38. The second kappa shape index (κ2) is 6.18. The molecule has 1 aromatic carbocycles. The molecule has 2 nitrogen and oxygen atoms in total. The molecule has 3 heteroatoms. The highest BCUT2D eigenvalue weighted by atomic mass is 79.9. The van der Waals surface area contributed by atoms with E-state index in [1.807, 2.05) is 6.07 Å². The molecule has 2 rings (SSSR count). The summed E-state index contributed by atoms with van der Waals surface area (Å²) in [7, 11) is 0. The molecule has 1 unspecified atom stereocenters. The third-order valence-electron chi connectivity index (χ3n) is 3.37. The second-order valence-electron chi connectivity index (χ2n) is 5.50. The number of halogens is 1. The van der Waals surface area contributed by atoms with Crippen molar-refractivity contribution in [2.45, 2.75) is 44.8 Å². The van der Waals surface area contributed by atoms with Crippen molar-refractivity contribution in [3.63, 3.8) is 0 Å². The predicted molar refractivity (Wildman–Crippen MR) is 76.7 cm³/mol. The molecule has 0 saturated carbocycles. The van der Waals surface area contributed by atoms with E-state index in [2.05, 4.69) is 48.0 Å². The van der Waals surface area contributed by atoms with Gasteiger partial charge in [0.2, 0.25) is 0 Å². The second-order valence-corrected chi connectivity index (χ2v) is 6.42. The lowest BCUT2D eigenvalue weighted by Crippen LogP contribution is -2.30. The van der Waals surface area contributed by atoms with E-state index < -0.39 is 0 Å². The molecule has 1 saturated heterocycles. The summed E-state index contributed by atoms with van der Waals surface area (Å²) in [5.41, 5.74) is 1.29. The summed E-state index contributed by atoms with van der Waals surface area (Å²) in [6.45, 7) is 5.94. The van der Waals surface area contributed by atoms with Crippen molar-refractivity contribution in [3.05, 3.63) is 34.3 Å². The summed E-state index contributed by atoms with van der Waals surface area (Å²) in [6.07, 6.45) is 3.39. The molecule has 1 fully saturated rings. The molecule has 0 aliphatic carbocycles. The van der Waals surface area contributed by atoms with Crippen molar-refractivity contribution >= 4 is 15.9 Å². The number of ether oxygens (including phenoxy) is 2. The molecule has 1 heterocycles. The third kappa shape index (κ3) is 3.81. The van der Waals surface area contributed by atoms with Crippen LogP contribution in [0, 0.1) is 0 Å². The fraction of sp³-hybridized carbons (Fsp3) is 0.600. The van der Waals surface area contributed by atoms with Crippen LogP contribution in [-0.2, 0) is 14.9 Å². The van der Waals surface area contributed by atoms with E-state index in [4.69, 9.17) is 9.47 Å². The third-order valence-corrected chi connectivity index (χ3v) is 3.87. The van der Waals surface area contributed by atoms with Gasteiger partial charge in [0.15, 0.2) is 6.29 Å². The molecule has 100 valence electrons. The van der Waals surface area contributed by atoms with E-state index in [0.717, 1.165) is 23.9 Å². The SMILES string of the molecule is CC(C)(COC1CCCCO1)c1cccc(Br)c1. The molecule has 1 aliphatic heterocycles. The summed E-state index contributed by atoms with van der Waals surface area (Å²) < 4.78 is 12.6. The maximum Gasteiger partial charge on any atom is 0.157 e. The lowest BCUT2D eigenvalue weighted by atomic mass is 9.86. The summed E-state index contributed by atoms with van der Waals surface area (Å²) in [5, 5.41) is 0. The standard InChI is InChI=1S/C15H21BrO2/c1-15(2,12-6-5-7-13(16)10-12)11-18-14-8-3-4-9-17-14/h5-7,10,14H,3-4,8-9,11H2,1-2H3. The average molecular weight is 313 g/mol. The van der Waals surface area contributed by atoms with Gasteiger partial charge in [-0.3, -0.25) is 0 Å². The summed E-state index contributed by atoms with van der Waals surface area (Å²) >= 11 is 3.52. The molecule has 1 aromatic rings. The van der Waals surface area contributed by atoms with Gasteiger partial charge < -0.3 is 9.47 Å². The van der Waals surface area contributed by atoms with Gasteiger partial charge in [0.1, 0.15) is 0 Å². The Kier molecular flexibility index (Phi) is 4.82. The van der Waals surface area contributed by atoms with E-state index in [1.165, 1.54) is 12.0 Å². The minimum atomic E-state index is -0.00909. The lowest BCUT2D eigenvalue weighted by molar-refractivity contribution is -0.170. The van der Waals surface area contributed by atoms with E-state index in [1.54, 1.807) is 0 Å². The highest BCUT2D eigenvalue weighted by Crippen LogP contribution is 2.27.